The normalized spacial score (nSPS) is 15.5. The molecule has 0 unspecified atom stereocenters. The van der Waals surface area contributed by atoms with Crippen LogP contribution in [0.3, 0.4) is 0 Å². The number of nitrogens with zero attached hydrogens (tertiary/aromatic N) is 3. The first-order valence-electron chi connectivity index (χ1n) is 7.91. The van der Waals surface area contributed by atoms with Crippen molar-refractivity contribution >= 4 is 21.6 Å². The molecule has 0 aromatic heterocycles. The van der Waals surface area contributed by atoms with Crippen LogP contribution in [-0.2, 0) is 14.8 Å². The SMILES string of the molecule is COc1ccccc1N1CCN(S(=O)(=O)c2ccc(C#N)cc2)CC1=O. The Kier molecular flexibility index (Phi) is 4.93. The molecule has 1 heterocycles. The van der Waals surface area contributed by atoms with E-state index >= 15 is 0 Å². The molecular formula is C18H17N3O4S. The van der Waals surface area contributed by atoms with E-state index in [1.54, 1.807) is 24.3 Å². The summed E-state index contributed by atoms with van der Waals surface area (Å²) < 4.78 is 31.9. The fourth-order valence-electron chi connectivity index (χ4n) is 2.81. The van der Waals surface area contributed by atoms with Crippen LogP contribution in [-0.4, -0.2) is 45.4 Å². The van der Waals surface area contributed by atoms with Crippen LogP contribution in [0.25, 0.3) is 0 Å². The van der Waals surface area contributed by atoms with E-state index in [1.807, 2.05) is 6.07 Å². The summed E-state index contributed by atoms with van der Waals surface area (Å²) in [6.45, 7) is 0.154. The van der Waals surface area contributed by atoms with Gasteiger partial charge in [0, 0.05) is 13.1 Å². The third-order valence-corrected chi connectivity index (χ3v) is 6.04. The highest BCUT2D eigenvalue weighted by Crippen LogP contribution is 2.29. The fourth-order valence-corrected chi connectivity index (χ4v) is 4.20. The maximum atomic E-state index is 12.7. The van der Waals surface area contributed by atoms with Gasteiger partial charge in [0.05, 0.1) is 35.9 Å². The molecule has 2 aromatic carbocycles. The van der Waals surface area contributed by atoms with Gasteiger partial charge in [-0.2, -0.15) is 9.57 Å². The largest absolute Gasteiger partial charge is 0.495 e. The molecule has 0 radical (unpaired) electrons. The summed E-state index contributed by atoms with van der Waals surface area (Å²) in [7, 11) is -2.27. The van der Waals surface area contributed by atoms with E-state index in [2.05, 4.69) is 0 Å². The van der Waals surface area contributed by atoms with Crippen molar-refractivity contribution in [3.8, 4) is 11.8 Å². The summed E-state index contributed by atoms with van der Waals surface area (Å²) in [4.78, 5) is 14.2. The first-order chi connectivity index (χ1) is 12.5. The van der Waals surface area contributed by atoms with Crippen LogP contribution in [0.5, 0.6) is 5.75 Å². The highest BCUT2D eigenvalue weighted by molar-refractivity contribution is 7.89. The van der Waals surface area contributed by atoms with E-state index in [9.17, 15) is 13.2 Å². The van der Waals surface area contributed by atoms with E-state index in [0.717, 1.165) is 4.31 Å². The number of anilines is 1. The van der Waals surface area contributed by atoms with Gasteiger partial charge in [-0.1, -0.05) is 12.1 Å². The van der Waals surface area contributed by atoms with E-state index < -0.39 is 10.0 Å². The molecule has 134 valence electrons. The maximum absolute atomic E-state index is 12.7. The number of ether oxygens (including phenoxy) is 1. The van der Waals surface area contributed by atoms with E-state index in [-0.39, 0.29) is 30.4 Å². The molecule has 0 spiro atoms. The number of piperazine rings is 1. The van der Waals surface area contributed by atoms with Gasteiger partial charge in [0.25, 0.3) is 0 Å². The molecule has 1 fully saturated rings. The second-order valence-corrected chi connectivity index (χ2v) is 7.63. The second kappa shape index (κ2) is 7.15. The summed E-state index contributed by atoms with van der Waals surface area (Å²) in [6, 6.07) is 14.7. The first kappa shape index (κ1) is 17.9. The molecule has 0 saturated carbocycles. The Balaban J connectivity index is 1.81. The summed E-state index contributed by atoms with van der Waals surface area (Å²) in [5.41, 5.74) is 0.997. The van der Waals surface area contributed by atoms with Crippen molar-refractivity contribution in [3.63, 3.8) is 0 Å². The Bertz CT molecular complexity index is 965. The lowest BCUT2D eigenvalue weighted by atomic mass is 10.2. The van der Waals surface area contributed by atoms with Gasteiger partial charge >= 0.3 is 0 Å². The van der Waals surface area contributed by atoms with Crippen LogP contribution in [0.15, 0.2) is 53.4 Å². The highest BCUT2D eigenvalue weighted by Gasteiger charge is 2.34. The fraction of sp³-hybridized carbons (Fsp3) is 0.222. The van der Waals surface area contributed by atoms with Crippen molar-refractivity contribution in [1.82, 2.24) is 4.31 Å². The van der Waals surface area contributed by atoms with Gasteiger partial charge in [0.1, 0.15) is 5.75 Å². The number of rotatable bonds is 4. The Labute approximate surface area is 152 Å². The Morgan fingerprint density at radius 2 is 1.77 bits per heavy atom. The van der Waals surface area contributed by atoms with Crippen LogP contribution < -0.4 is 9.64 Å². The lowest BCUT2D eigenvalue weighted by molar-refractivity contribution is -0.120. The van der Waals surface area contributed by atoms with Crippen LogP contribution in [0, 0.1) is 11.3 Å². The summed E-state index contributed by atoms with van der Waals surface area (Å²) in [5, 5.41) is 8.82. The summed E-state index contributed by atoms with van der Waals surface area (Å²) >= 11 is 0. The smallest absolute Gasteiger partial charge is 0.243 e. The average Bonchev–Trinajstić information content (AvgIpc) is 2.68. The van der Waals surface area contributed by atoms with Gasteiger partial charge in [-0.3, -0.25) is 4.79 Å². The van der Waals surface area contributed by atoms with Crippen LogP contribution in [0.1, 0.15) is 5.56 Å². The minimum atomic E-state index is -3.80. The topological polar surface area (TPSA) is 90.7 Å². The molecule has 1 aliphatic heterocycles. The van der Waals surface area contributed by atoms with Gasteiger partial charge < -0.3 is 9.64 Å². The van der Waals surface area contributed by atoms with E-state index in [0.29, 0.717) is 17.0 Å². The molecule has 0 aliphatic carbocycles. The van der Waals surface area contributed by atoms with Gasteiger partial charge in [0.2, 0.25) is 15.9 Å². The predicted molar refractivity (Wildman–Crippen MR) is 95.3 cm³/mol. The average molecular weight is 371 g/mol. The first-order valence-corrected chi connectivity index (χ1v) is 9.35. The summed E-state index contributed by atoms with van der Waals surface area (Å²) in [5.74, 6) is 0.238. The number of carbonyl (C=O) groups is 1. The lowest BCUT2D eigenvalue weighted by Gasteiger charge is -2.34. The molecule has 3 rings (SSSR count). The number of hydrogen-bond acceptors (Lipinski definition) is 5. The molecule has 1 saturated heterocycles. The third-order valence-electron chi connectivity index (χ3n) is 4.18. The number of hydrogen-bond donors (Lipinski definition) is 0. The van der Waals surface area contributed by atoms with E-state index in [1.165, 1.54) is 36.3 Å². The minimum absolute atomic E-state index is 0.0649. The number of methoxy groups -OCH3 is 1. The molecule has 8 heteroatoms. The lowest BCUT2D eigenvalue weighted by Crippen LogP contribution is -2.52. The second-order valence-electron chi connectivity index (χ2n) is 5.69. The molecule has 7 nitrogen and oxygen atoms in total. The van der Waals surface area contributed by atoms with Crippen LogP contribution >= 0.6 is 0 Å². The van der Waals surface area contributed by atoms with Crippen molar-refractivity contribution in [2.45, 2.75) is 4.90 Å². The maximum Gasteiger partial charge on any atom is 0.243 e. The van der Waals surface area contributed by atoms with Gasteiger partial charge in [-0.15, -0.1) is 0 Å². The number of benzene rings is 2. The zero-order chi connectivity index (χ0) is 18.7. The quantitative estimate of drug-likeness (QED) is 0.814. The zero-order valence-electron chi connectivity index (χ0n) is 14.1. The Hall–Kier alpha value is -2.89. The van der Waals surface area contributed by atoms with Crippen molar-refractivity contribution in [3.05, 3.63) is 54.1 Å². The van der Waals surface area contributed by atoms with Gasteiger partial charge in [-0.05, 0) is 36.4 Å². The Morgan fingerprint density at radius 3 is 2.38 bits per heavy atom. The summed E-state index contributed by atoms with van der Waals surface area (Å²) in [6.07, 6.45) is 0. The molecule has 1 amide bonds. The molecule has 26 heavy (non-hydrogen) atoms. The zero-order valence-corrected chi connectivity index (χ0v) is 14.9. The van der Waals surface area contributed by atoms with E-state index in [4.69, 9.17) is 10.00 Å². The van der Waals surface area contributed by atoms with Crippen molar-refractivity contribution in [2.24, 2.45) is 0 Å². The van der Waals surface area contributed by atoms with Gasteiger partial charge in [0.15, 0.2) is 0 Å². The number of para-hydroxylation sites is 2. The highest BCUT2D eigenvalue weighted by atomic mass is 32.2. The predicted octanol–water partition coefficient (Wildman–Crippen LogP) is 1.60. The minimum Gasteiger partial charge on any atom is -0.495 e. The number of carbonyl (C=O) groups excluding carboxylic acids is 1. The van der Waals surface area contributed by atoms with Crippen LogP contribution in [0.4, 0.5) is 5.69 Å². The molecule has 2 aromatic rings. The number of nitriles is 1. The molecule has 0 atom stereocenters. The van der Waals surface area contributed by atoms with Crippen LogP contribution in [0.2, 0.25) is 0 Å². The molecule has 0 bridgehead atoms. The van der Waals surface area contributed by atoms with Crippen molar-refractivity contribution in [2.75, 3.05) is 31.6 Å². The molecule has 1 aliphatic rings. The molecular weight excluding hydrogens is 354 g/mol. The standard InChI is InChI=1S/C18H17N3O4S/c1-25-17-5-3-2-4-16(17)21-11-10-20(13-18(21)22)26(23,24)15-8-6-14(12-19)7-9-15/h2-9H,10-11,13H2,1H3. The number of amides is 1. The Morgan fingerprint density at radius 1 is 1.08 bits per heavy atom. The van der Waals surface area contributed by atoms with Gasteiger partial charge in [-0.25, -0.2) is 8.42 Å². The van der Waals surface area contributed by atoms with Crippen molar-refractivity contribution in [1.29, 1.82) is 5.26 Å². The number of sulfonamides is 1. The monoisotopic (exact) mass is 371 g/mol. The molecule has 0 N–H and O–H groups in total. The van der Waals surface area contributed by atoms with Crippen molar-refractivity contribution < 1.29 is 17.9 Å². The third kappa shape index (κ3) is 3.27.